The molecule has 0 spiro atoms. The molecule has 1 saturated carbocycles. The molecule has 1 saturated heterocycles. The van der Waals surface area contributed by atoms with Crippen molar-refractivity contribution in [3.63, 3.8) is 0 Å². The molecule has 4 rings (SSSR count). The average molecular weight is 434 g/mol. The van der Waals surface area contributed by atoms with Crippen LogP contribution in [0, 0.1) is 24.7 Å². The first-order valence-corrected chi connectivity index (χ1v) is 10.9. The monoisotopic (exact) mass is 434 g/mol. The summed E-state index contributed by atoms with van der Waals surface area (Å²) in [4.78, 5) is 51.3. The van der Waals surface area contributed by atoms with Gasteiger partial charge in [0.1, 0.15) is 0 Å². The molecule has 2 aromatic carbocycles. The quantitative estimate of drug-likeness (QED) is 0.572. The van der Waals surface area contributed by atoms with Crippen LogP contribution in [-0.4, -0.2) is 30.3 Å². The Labute approximate surface area is 186 Å². The van der Waals surface area contributed by atoms with Crippen molar-refractivity contribution in [1.82, 2.24) is 0 Å². The van der Waals surface area contributed by atoms with E-state index < -0.39 is 18.5 Å². The normalized spacial score (nSPS) is 22.4. The molecule has 1 heterocycles. The molecule has 0 unspecified atom stereocenters. The highest BCUT2D eigenvalue weighted by molar-refractivity contribution is 6.22. The van der Waals surface area contributed by atoms with Crippen molar-refractivity contribution in [1.29, 1.82) is 0 Å². The van der Waals surface area contributed by atoms with Crippen LogP contribution in [0.25, 0.3) is 0 Å². The van der Waals surface area contributed by atoms with Crippen molar-refractivity contribution in [3.05, 3.63) is 59.7 Å². The molecule has 7 heteroatoms. The van der Waals surface area contributed by atoms with Crippen LogP contribution in [0.2, 0.25) is 0 Å². The van der Waals surface area contributed by atoms with E-state index in [-0.39, 0.29) is 29.2 Å². The van der Waals surface area contributed by atoms with Gasteiger partial charge in [0.2, 0.25) is 11.8 Å². The summed E-state index contributed by atoms with van der Waals surface area (Å²) in [5, 5.41) is 2.70. The Balaban J connectivity index is 1.37. The fourth-order valence-electron chi connectivity index (χ4n) is 4.50. The topological polar surface area (TPSA) is 92.8 Å². The number of hydrogen-bond donors (Lipinski definition) is 1. The number of amides is 3. The third-order valence-electron chi connectivity index (χ3n) is 6.30. The lowest BCUT2D eigenvalue weighted by Gasteiger charge is -2.25. The summed E-state index contributed by atoms with van der Waals surface area (Å²) in [6.07, 6.45) is 2.43. The summed E-state index contributed by atoms with van der Waals surface area (Å²) in [5.41, 5.74) is 2.26. The Morgan fingerprint density at radius 3 is 2.41 bits per heavy atom. The highest BCUT2D eigenvalue weighted by Gasteiger charge is 2.49. The lowest BCUT2D eigenvalue weighted by Crippen LogP contribution is -2.30. The first-order valence-electron chi connectivity index (χ1n) is 10.9. The van der Waals surface area contributed by atoms with Gasteiger partial charge in [-0.05, 0) is 68.0 Å². The van der Waals surface area contributed by atoms with Gasteiger partial charge in [0.05, 0.1) is 23.1 Å². The number of fused-ring (bicyclic) bond motifs is 1. The zero-order valence-corrected chi connectivity index (χ0v) is 18.2. The largest absolute Gasteiger partial charge is 0.452 e. The second-order valence-corrected chi connectivity index (χ2v) is 8.63. The molecule has 0 aromatic heterocycles. The zero-order chi connectivity index (χ0) is 22.8. The van der Waals surface area contributed by atoms with Gasteiger partial charge in [-0.15, -0.1) is 0 Å². The van der Waals surface area contributed by atoms with Gasteiger partial charge in [-0.3, -0.25) is 19.3 Å². The molecular formula is C25H26N2O5. The van der Waals surface area contributed by atoms with Gasteiger partial charge >= 0.3 is 5.97 Å². The van der Waals surface area contributed by atoms with Crippen molar-refractivity contribution in [2.75, 3.05) is 16.8 Å². The molecule has 32 heavy (non-hydrogen) atoms. The predicted molar refractivity (Wildman–Crippen MR) is 119 cm³/mol. The van der Waals surface area contributed by atoms with E-state index >= 15 is 0 Å². The van der Waals surface area contributed by atoms with Crippen LogP contribution in [-0.2, 0) is 19.1 Å². The van der Waals surface area contributed by atoms with Crippen LogP contribution >= 0.6 is 0 Å². The number of nitrogens with one attached hydrogen (secondary N) is 1. The molecule has 0 radical (unpaired) electrons. The Hall–Kier alpha value is -3.48. The number of ether oxygens (including phenoxy) is 1. The standard InChI is InChI=1S/C25H26N2O5/c1-15-7-12-19-20(13-15)24(30)27(23(19)29)18-10-8-17(9-11-18)25(31)32-14-22(28)26-21-6-4-3-5-16(21)2/h3-6,8-11,15,19-20H,7,12-14H2,1-2H3,(H,26,28)/t15-,19+,20-/m0/s1. The lowest BCUT2D eigenvalue weighted by molar-refractivity contribution is -0.122. The zero-order valence-electron chi connectivity index (χ0n) is 18.2. The minimum Gasteiger partial charge on any atom is -0.452 e. The molecular weight excluding hydrogens is 408 g/mol. The van der Waals surface area contributed by atoms with Gasteiger partial charge in [-0.2, -0.15) is 0 Å². The van der Waals surface area contributed by atoms with Gasteiger partial charge in [0.25, 0.3) is 5.91 Å². The smallest absolute Gasteiger partial charge is 0.338 e. The van der Waals surface area contributed by atoms with Crippen molar-refractivity contribution in [2.45, 2.75) is 33.1 Å². The first kappa shape index (κ1) is 21.7. The van der Waals surface area contributed by atoms with E-state index in [0.29, 0.717) is 17.3 Å². The number of esters is 1. The number of imide groups is 1. The number of anilines is 2. The molecule has 2 aromatic rings. The molecule has 1 aliphatic carbocycles. The van der Waals surface area contributed by atoms with Gasteiger partial charge in [-0.25, -0.2) is 4.79 Å². The minimum atomic E-state index is -0.655. The predicted octanol–water partition coefficient (Wildman–Crippen LogP) is 3.72. The van der Waals surface area contributed by atoms with Crippen molar-refractivity contribution in [2.24, 2.45) is 17.8 Å². The maximum Gasteiger partial charge on any atom is 0.338 e. The molecule has 7 nitrogen and oxygen atoms in total. The highest BCUT2D eigenvalue weighted by atomic mass is 16.5. The van der Waals surface area contributed by atoms with Gasteiger partial charge in [0.15, 0.2) is 6.61 Å². The van der Waals surface area contributed by atoms with E-state index in [9.17, 15) is 19.2 Å². The van der Waals surface area contributed by atoms with Crippen molar-refractivity contribution >= 4 is 35.1 Å². The second-order valence-electron chi connectivity index (χ2n) is 8.63. The Morgan fingerprint density at radius 2 is 1.69 bits per heavy atom. The van der Waals surface area contributed by atoms with E-state index in [1.165, 1.54) is 17.0 Å². The van der Waals surface area contributed by atoms with E-state index in [1.54, 1.807) is 18.2 Å². The lowest BCUT2D eigenvalue weighted by atomic mass is 9.76. The molecule has 2 fully saturated rings. The van der Waals surface area contributed by atoms with Gasteiger partial charge in [0, 0.05) is 5.69 Å². The molecule has 2 aliphatic rings. The van der Waals surface area contributed by atoms with Crippen LogP contribution < -0.4 is 10.2 Å². The molecule has 3 atom stereocenters. The SMILES string of the molecule is Cc1ccccc1NC(=O)COC(=O)c1ccc(N2C(=O)[C@H]3C[C@@H](C)CC[C@H]3C2=O)cc1. The number of benzene rings is 2. The number of rotatable bonds is 5. The Bertz CT molecular complexity index is 1060. The fraction of sp³-hybridized carbons (Fsp3) is 0.360. The Kier molecular flexibility index (Phi) is 6.08. The second kappa shape index (κ2) is 8.94. The summed E-state index contributed by atoms with van der Waals surface area (Å²) in [6.45, 7) is 3.56. The van der Waals surface area contributed by atoms with Crippen molar-refractivity contribution < 1.29 is 23.9 Å². The van der Waals surface area contributed by atoms with Crippen LogP contribution in [0.15, 0.2) is 48.5 Å². The van der Waals surface area contributed by atoms with E-state index in [4.69, 9.17) is 4.74 Å². The third kappa shape index (κ3) is 4.28. The average Bonchev–Trinajstić information content (AvgIpc) is 3.03. The van der Waals surface area contributed by atoms with E-state index in [2.05, 4.69) is 12.2 Å². The molecule has 0 bridgehead atoms. The molecule has 3 amide bonds. The number of nitrogens with zero attached hydrogens (tertiary/aromatic N) is 1. The maximum atomic E-state index is 12.8. The minimum absolute atomic E-state index is 0.157. The van der Waals surface area contributed by atoms with E-state index in [0.717, 1.165) is 24.8 Å². The highest BCUT2D eigenvalue weighted by Crippen LogP contribution is 2.42. The summed E-state index contributed by atoms with van der Waals surface area (Å²) >= 11 is 0. The summed E-state index contributed by atoms with van der Waals surface area (Å²) < 4.78 is 5.10. The molecule has 166 valence electrons. The number of aryl methyl sites for hydroxylation is 1. The molecule has 1 aliphatic heterocycles. The van der Waals surface area contributed by atoms with Crippen LogP contribution in [0.5, 0.6) is 0 Å². The summed E-state index contributed by atoms with van der Waals surface area (Å²) in [5.74, 6) is -1.46. The number of para-hydroxylation sites is 1. The van der Waals surface area contributed by atoms with Gasteiger partial charge in [-0.1, -0.05) is 25.1 Å². The number of carbonyl (C=O) groups is 4. The number of carbonyl (C=O) groups excluding carboxylic acids is 4. The van der Waals surface area contributed by atoms with Crippen LogP contribution in [0.3, 0.4) is 0 Å². The third-order valence-corrected chi connectivity index (χ3v) is 6.30. The Morgan fingerprint density at radius 1 is 1.00 bits per heavy atom. The fourth-order valence-corrected chi connectivity index (χ4v) is 4.50. The van der Waals surface area contributed by atoms with Crippen molar-refractivity contribution in [3.8, 4) is 0 Å². The maximum absolute atomic E-state index is 12.8. The first-order chi connectivity index (χ1) is 15.3. The van der Waals surface area contributed by atoms with Crippen LogP contribution in [0.4, 0.5) is 11.4 Å². The summed E-state index contributed by atoms with van der Waals surface area (Å²) in [7, 11) is 0. The van der Waals surface area contributed by atoms with Crippen LogP contribution in [0.1, 0.15) is 42.1 Å². The summed E-state index contributed by atoms with van der Waals surface area (Å²) in [6, 6.07) is 13.5. The number of hydrogen-bond acceptors (Lipinski definition) is 5. The van der Waals surface area contributed by atoms with Gasteiger partial charge < -0.3 is 10.1 Å². The van der Waals surface area contributed by atoms with E-state index in [1.807, 2.05) is 25.1 Å². The molecule has 1 N–H and O–H groups in total.